The zero-order valence-electron chi connectivity index (χ0n) is 17.8. The Morgan fingerprint density at radius 3 is 2.48 bits per heavy atom. The van der Waals surface area contributed by atoms with Gasteiger partial charge >= 0.3 is 0 Å². The van der Waals surface area contributed by atoms with Crippen LogP contribution in [0.3, 0.4) is 0 Å². The summed E-state index contributed by atoms with van der Waals surface area (Å²) < 4.78 is 1.62. The average Bonchev–Trinajstić information content (AvgIpc) is 3.25. The molecule has 1 heterocycles. The van der Waals surface area contributed by atoms with Crippen LogP contribution in [0.2, 0.25) is 0 Å². The van der Waals surface area contributed by atoms with E-state index >= 15 is 0 Å². The molecule has 0 aliphatic rings. The molecule has 31 heavy (non-hydrogen) atoms. The highest BCUT2D eigenvalue weighted by molar-refractivity contribution is 7.99. The van der Waals surface area contributed by atoms with Gasteiger partial charge in [-0.1, -0.05) is 67.6 Å². The van der Waals surface area contributed by atoms with Crippen molar-refractivity contribution in [2.45, 2.75) is 50.7 Å². The van der Waals surface area contributed by atoms with Gasteiger partial charge in [-0.25, -0.2) is 0 Å². The van der Waals surface area contributed by atoms with Crippen LogP contribution in [-0.2, 0) is 22.4 Å². The van der Waals surface area contributed by atoms with E-state index in [2.05, 4.69) is 39.9 Å². The number of unbranched alkanes of at least 4 members (excludes halogenated alkanes) is 1. The highest BCUT2D eigenvalue weighted by Crippen LogP contribution is 2.19. The van der Waals surface area contributed by atoms with Gasteiger partial charge in [-0.15, -0.1) is 5.10 Å². The second-order valence-electron chi connectivity index (χ2n) is 7.35. The van der Waals surface area contributed by atoms with Gasteiger partial charge in [-0.3, -0.25) is 9.59 Å². The first-order chi connectivity index (χ1) is 15.1. The quantitative estimate of drug-likeness (QED) is 0.463. The number of nitrogens with one attached hydrogen (secondary N) is 1. The molecule has 1 amide bonds. The molecule has 1 aromatic heterocycles. The van der Waals surface area contributed by atoms with E-state index in [1.165, 1.54) is 24.2 Å². The fourth-order valence-electron chi connectivity index (χ4n) is 3.13. The summed E-state index contributed by atoms with van der Waals surface area (Å²) in [5, 5.41) is 15.2. The number of carbonyl (C=O) groups is 2. The van der Waals surface area contributed by atoms with Crippen molar-refractivity contribution in [1.29, 1.82) is 0 Å². The Morgan fingerprint density at radius 1 is 1.06 bits per heavy atom. The van der Waals surface area contributed by atoms with Crippen molar-refractivity contribution >= 4 is 23.5 Å². The minimum atomic E-state index is -0.554. The van der Waals surface area contributed by atoms with E-state index in [0.717, 1.165) is 30.5 Å². The van der Waals surface area contributed by atoms with Gasteiger partial charge in [0.15, 0.2) is 5.78 Å². The Kier molecular flexibility index (Phi) is 8.35. The highest BCUT2D eigenvalue weighted by Gasteiger charge is 2.19. The number of carbonyl (C=O) groups excluding carboxylic acids is 2. The number of benzene rings is 2. The third kappa shape index (κ3) is 6.75. The molecule has 0 aliphatic carbocycles. The number of hydrogen-bond acceptors (Lipinski definition) is 6. The predicted octanol–water partition coefficient (Wildman–Crippen LogP) is 3.41. The SMILES string of the molecule is CCCCc1ccc(-n2nnnc2SCC(=O)NC(Cc2ccccc2)C(C)=O)cc1. The second-order valence-corrected chi connectivity index (χ2v) is 8.29. The Bertz CT molecular complexity index is 989. The smallest absolute Gasteiger partial charge is 0.231 e. The fraction of sp³-hybridized carbons (Fsp3) is 0.348. The Morgan fingerprint density at radius 2 is 1.81 bits per heavy atom. The molecule has 3 rings (SSSR count). The number of thioether (sulfide) groups is 1. The number of aromatic nitrogens is 4. The number of hydrogen-bond donors (Lipinski definition) is 1. The zero-order chi connectivity index (χ0) is 22.1. The van der Waals surface area contributed by atoms with Gasteiger partial charge in [0.2, 0.25) is 11.1 Å². The molecule has 3 aromatic rings. The standard InChI is InChI=1S/C23H27N5O2S/c1-3-4-8-18-11-13-20(14-12-18)28-23(25-26-27-28)31-16-22(30)24-21(17(2)29)15-19-9-6-5-7-10-19/h5-7,9-14,21H,3-4,8,15-16H2,1-2H3,(H,24,30). The van der Waals surface area contributed by atoms with Crippen molar-refractivity contribution in [2.75, 3.05) is 5.75 Å². The molecule has 1 unspecified atom stereocenters. The maximum atomic E-state index is 12.5. The largest absolute Gasteiger partial charge is 0.345 e. The van der Waals surface area contributed by atoms with Gasteiger partial charge in [0.05, 0.1) is 17.5 Å². The average molecular weight is 438 g/mol. The maximum absolute atomic E-state index is 12.5. The lowest BCUT2D eigenvalue weighted by Crippen LogP contribution is -2.42. The van der Waals surface area contributed by atoms with Gasteiger partial charge in [-0.05, 0) is 59.9 Å². The van der Waals surface area contributed by atoms with Crippen LogP contribution >= 0.6 is 11.8 Å². The van der Waals surface area contributed by atoms with Gasteiger partial charge in [-0.2, -0.15) is 4.68 Å². The Hall–Kier alpha value is -3.00. The lowest BCUT2D eigenvalue weighted by molar-refractivity contribution is -0.125. The minimum Gasteiger partial charge on any atom is -0.345 e. The van der Waals surface area contributed by atoms with Crippen molar-refractivity contribution in [2.24, 2.45) is 0 Å². The van der Waals surface area contributed by atoms with E-state index in [0.29, 0.717) is 11.6 Å². The molecule has 0 radical (unpaired) electrons. The van der Waals surface area contributed by atoms with Crippen LogP contribution in [-0.4, -0.2) is 43.7 Å². The minimum absolute atomic E-state index is 0.0739. The van der Waals surface area contributed by atoms with E-state index in [-0.39, 0.29) is 17.4 Å². The molecule has 1 atom stereocenters. The Labute approximate surface area is 186 Å². The Balaban J connectivity index is 1.58. The van der Waals surface area contributed by atoms with Gasteiger partial charge in [0.25, 0.3) is 0 Å². The molecule has 0 aliphatic heterocycles. The molecule has 8 heteroatoms. The summed E-state index contributed by atoms with van der Waals surface area (Å²) in [5.41, 5.74) is 3.13. The van der Waals surface area contributed by atoms with E-state index in [1.54, 1.807) is 4.68 Å². The second kappa shape index (κ2) is 11.4. The van der Waals surface area contributed by atoms with E-state index in [9.17, 15) is 9.59 Å². The van der Waals surface area contributed by atoms with E-state index in [4.69, 9.17) is 0 Å². The number of tetrazole rings is 1. The summed E-state index contributed by atoms with van der Waals surface area (Å²) in [6.07, 6.45) is 3.84. The van der Waals surface area contributed by atoms with Crippen LogP contribution in [0.5, 0.6) is 0 Å². The molecule has 2 aromatic carbocycles. The summed E-state index contributed by atoms with van der Waals surface area (Å²) >= 11 is 1.24. The van der Waals surface area contributed by atoms with Crippen molar-refractivity contribution in [1.82, 2.24) is 25.5 Å². The van der Waals surface area contributed by atoms with Gasteiger partial charge in [0.1, 0.15) is 0 Å². The predicted molar refractivity (Wildman–Crippen MR) is 121 cm³/mol. The topological polar surface area (TPSA) is 89.8 Å². The highest BCUT2D eigenvalue weighted by atomic mass is 32.2. The molecule has 0 spiro atoms. The summed E-state index contributed by atoms with van der Waals surface area (Å²) in [5.74, 6) is -0.186. The number of Topliss-reactive ketones (excluding diaryl/α,β-unsaturated/α-hetero) is 1. The molecular weight excluding hydrogens is 410 g/mol. The lowest BCUT2D eigenvalue weighted by atomic mass is 10.0. The number of aryl methyl sites for hydroxylation is 1. The molecule has 0 saturated carbocycles. The van der Waals surface area contributed by atoms with E-state index < -0.39 is 6.04 Å². The van der Waals surface area contributed by atoms with Crippen LogP contribution in [0.1, 0.15) is 37.8 Å². The number of nitrogens with zero attached hydrogens (tertiary/aromatic N) is 4. The van der Waals surface area contributed by atoms with Crippen LogP contribution in [0, 0.1) is 0 Å². The van der Waals surface area contributed by atoms with Crippen molar-refractivity contribution in [3.05, 3.63) is 65.7 Å². The number of rotatable bonds is 11. The maximum Gasteiger partial charge on any atom is 0.231 e. The third-order valence-electron chi connectivity index (χ3n) is 4.88. The first-order valence-electron chi connectivity index (χ1n) is 10.4. The third-order valence-corrected chi connectivity index (χ3v) is 5.80. The van der Waals surface area contributed by atoms with E-state index in [1.807, 2.05) is 42.5 Å². The molecule has 1 N–H and O–H groups in total. The van der Waals surface area contributed by atoms with Crippen LogP contribution in [0.25, 0.3) is 5.69 Å². The molecular formula is C23H27N5O2S. The van der Waals surface area contributed by atoms with Gasteiger partial charge < -0.3 is 5.32 Å². The lowest BCUT2D eigenvalue weighted by Gasteiger charge is -2.16. The zero-order valence-corrected chi connectivity index (χ0v) is 18.6. The van der Waals surface area contributed by atoms with Crippen molar-refractivity contribution < 1.29 is 9.59 Å². The monoisotopic (exact) mass is 437 g/mol. The molecule has 0 bridgehead atoms. The van der Waals surface area contributed by atoms with Crippen molar-refractivity contribution in [3.8, 4) is 5.69 Å². The van der Waals surface area contributed by atoms with Crippen LogP contribution in [0.4, 0.5) is 0 Å². The number of ketones is 1. The first kappa shape index (κ1) is 22.7. The fourth-order valence-corrected chi connectivity index (χ4v) is 3.83. The first-order valence-corrected chi connectivity index (χ1v) is 11.4. The van der Waals surface area contributed by atoms with Gasteiger partial charge in [0, 0.05) is 0 Å². The summed E-state index contributed by atoms with van der Waals surface area (Å²) in [6.45, 7) is 3.67. The molecule has 162 valence electrons. The van der Waals surface area contributed by atoms with Crippen LogP contribution < -0.4 is 5.32 Å². The number of amides is 1. The molecule has 0 saturated heterocycles. The molecule has 7 nitrogen and oxygen atoms in total. The summed E-state index contributed by atoms with van der Waals surface area (Å²) in [6, 6.07) is 17.2. The summed E-state index contributed by atoms with van der Waals surface area (Å²) in [4.78, 5) is 24.5. The molecule has 0 fully saturated rings. The van der Waals surface area contributed by atoms with Crippen LogP contribution in [0.15, 0.2) is 59.8 Å². The van der Waals surface area contributed by atoms with Crippen molar-refractivity contribution in [3.63, 3.8) is 0 Å². The summed E-state index contributed by atoms with van der Waals surface area (Å²) in [7, 11) is 0. The normalized spacial score (nSPS) is 11.8.